The Hall–Kier alpha value is -2.73. The number of ether oxygens (including phenoxy) is 1. The molecular weight excluding hydrogens is 314 g/mol. The third kappa shape index (κ3) is 2.93. The minimum absolute atomic E-state index is 0.0335. The summed E-state index contributed by atoms with van der Waals surface area (Å²) >= 11 is 1.33. The number of esters is 1. The molecule has 0 saturated heterocycles. The molecule has 0 amide bonds. The van der Waals surface area contributed by atoms with Crippen LogP contribution in [0.25, 0.3) is 10.1 Å². The summed E-state index contributed by atoms with van der Waals surface area (Å²) in [7, 11) is 0. The molecule has 2 aromatic carbocycles. The van der Waals surface area contributed by atoms with Gasteiger partial charge in [-0.3, -0.25) is 0 Å². The van der Waals surface area contributed by atoms with E-state index in [0.29, 0.717) is 16.3 Å². The number of rotatable bonds is 4. The maximum Gasteiger partial charge on any atom is 0.350 e. The minimum atomic E-state index is -0.408. The Balaban J connectivity index is 2.10. The number of nitrogens with one attached hydrogen (secondary N) is 1. The molecule has 118 valence electrons. The molecule has 0 spiro atoms. The molecule has 23 heavy (non-hydrogen) atoms. The Kier molecular flexibility index (Phi) is 4.08. The van der Waals surface area contributed by atoms with Gasteiger partial charge in [-0.05, 0) is 25.1 Å². The summed E-state index contributed by atoms with van der Waals surface area (Å²) in [5.74, 6) is -0.543. The first-order chi connectivity index (χ1) is 11.1. The molecule has 0 aliphatic heterocycles. The molecule has 3 aromatic rings. The van der Waals surface area contributed by atoms with Gasteiger partial charge in [0.15, 0.2) is 0 Å². The van der Waals surface area contributed by atoms with Crippen LogP contribution in [0.15, 0.2) is 42.5 Å². The maximum atomic E-state index is 12.2. The molecule has 6 heteroatoms. The van der Waals surface area contributed by atoms with E-state index in [-0.39, 0.29) is 18.1 Å². The van der Waals surface area contributed by atoms with E-state index in [1.54, 1.807) is 13.0 Å². The van der Waals surface area contributed by atoms with Gasteiger partial charge in [0.05, 0.1) is 18.0 Å². The van der Waals surface area contributed by atoms with Crippen LogP contribution < -0.4 is 5.32 Å². The van der Waals surface area contributed by atoms with E-state index in [0.717, 1.165) is 10.1 Å². The summed E-state index contributed by atoms with van der Waals surface area (Å²) in [4.78, 5) is 12.7. The predicted octanol–water partition coefficient (Wildman–Crippen LogP) is 4.23. The van der Waals surface area contributed by atoms with Gasteiger partial charge in [-0.1, -0.05) is 18.2 Å². The van der Waals surface area contributed by atoms with Crippen LogP contribution in [0, 0.1) is 0 Å². The number of aromatic hydroxyl groups is 2. The summed E-state index contributed by atoms with van der Waals surface area (Å²) in [5.41, 5.74) is 0.988. The van der Waals surface area contributed by atoms with Crippen LogP contribution >= 0.6 is 11.3 Å². The minimum Gasteiger partial charge on any atom is -0.508 e. The standard InChI is InChI=1S/C17H15NO4S/c1-2-22-17(21)16-15(11-5-3-4-6-14(11)23-16)18-12-8-7-10(19)9-13(12)20/h3-9,18-20H,2H2,1H3. The number of hydrogen-bond acceptors (Lipinski definition) is 6. The van der Waals surface area contributed by atoms with Gasteiger partial charge in [-0.25, -0.2) is 4.79 Å². The molecule has 0 saturated carbocycles. The van der Waals surface area contributed by atoms with Crippen molar-refractivity contribution in [2.45, 2.75) is 6.92 Å². The predicted molar refractivity (Wildman–Crippen MR) is 90.8 cm³/mol. The fourth-order valence-electron chi connectivity index (χ4n) is 2.27. The number of anilines is 2. The maximum absolute atomic E-state index is 12.2. The monoisotopic (exact) mass is 329 g/mol. The van der Waals surface area contributed by atoms with Gasteiger partial charge >= 0.3 is 5.97 Å². The van der Waals surface area contributed by atoms with Crippen LogP contribution in [-0.2, 0) is 4.74 Å². The van der Waals surface area contributed by atoms with E-state index in [2.05, 4.69) is 5.32 Å². The molecule has 3 N–H and O–H groups in total. The first-order valence-electron chi connectivity index (χ1n) is 7.07. The average Bonchev–Trinajstić information content (AvgIpc) is 2.89. The molecule has 3 rings (SSSR count). The van der Waals surface area contributed by atoms with Crippen LogP contribution in [-0.4, -0.2) is 22.8 Å². The molecule has 0 bridgehead atoms. The quantitative estimate of drug-likeness (QED) is 0.379. The summed E-state index contributed by atoms with van der Waals surface area (Å²) < 4.78 is 6.06. The zero-order valence-electron chi connectivity index (χ0n) is 12.4. The van der Waals surface area contributed by atoms with E-state index in [1.807, 2.05) is 24.3 Å². The Bertz CT molecular complexity index is 872. The van der Waals surface area contributed by atoms with Crippen molar-refractivity contribution in [2.24, 2.45) is 0 Å². The fourth-order valence-corrected chi connectivity index (χ4v) is 3.32. The van der Waals surface area contributed by atoms with E-state index in [9.17, 15) is 15.0 Å². The molecule has 0 aliphatic carbocycles. The third-order valence-corrected chi connectivity index (χ3v) is 4.45. The molecule has 0 aliphatic rings. The molecule has 5 nitrogen and oxygen atoms in total. The van der Waals surface area contributed by atoms with E-state index in [1.165, 1.54) is 23.5 Å². The number of carbonyl (C=O) groups is 1. The lowest BCUT2D eigenvalue weighted by molar-refractivity contribution is 0.0533. The van der Waals surface area contributed by atoms with Gasteiger partial charge in [0.1, 0.15) is 16.4 Å². The van der Waals surface area contributed by atoms with Crippen LogP contribution in [0.1, 0.15) is 16.6 Å². The SMILES string of the molecule is CCOC(=O)c1sc2ccccc2c1Nc1ccc(O)cc1O. The van der Waals surface area contributed by atoms with Crippen molar-refractivity contribution in [1.82, 2.24) is 0 Å². The summed E-state index contributed by atoms with van der Waals surface area (Å²) in [6.07, 6.45) is 0. The van der Waals surface area contributed by atoms with E-state index in [4.69, 9.17) is 4.74 Å². The Morgan fingerprint density at radius 2 is 2.00 bits per heavy atom. The smallest absolute Gasteiger partial charge is 0.350 e. The second kappa shape index (κ2) is 6.18. The molecule has 0 fully saturated rings. The van der Waals surface area contributed by atoms with Crippen molar-refractivity contribution in [3.8, 4) is 11.5 Å². The number of benzene rings is 2. The average molecular weight is 329 g/mol. The van der Waals surface area contributed by atoms with Crippen molar-refractivity contribution in [3.05, 3.63) is 47.3 Å². The zero-order chi connectivity index (χ0) is 16.4. The molecular formula is C17H15NO4S. The Morgan fingerprint density at radius 1 is 1.22 bits per heavy atom. The van der Waals surface area contributed by atoms with Crippen LogP contribution in [0.2, 0.25) is 0 Å². The van der Waals surface area contributed by atoms with Crippen molar-refractivity contribution in [1.29, 1.82) is 0 Å². The number of carbonyl (C=O) groups excluding carboxylic acids is 1. The lowest BCUT2D eigenvalue weighted by atomic mass is 10.2. The largest absolute Gasteiger partial charge is 0.508 e. The summed E-state index contributed by atoms with van der Waals surface area (Å²) in [6.45, 7) is 2.04. The second-order valence-corrected chi connectivity index (χ2v) is 5.90. The number of thiophene rings is 1. The summed E-state index contributed by atoms with van der Waals surface area (Å²) in [5, 5.41) is 23.3. The van der Waals surface area contributed by atoms with Crippen molar-refractivity contribution in [2.75, 3.05) is 11.9 Å². The Morgan fingerprint density at radius 3 is 2.74 bits per heavy atom. The first kappa shape index (κ1) is 15.2. The lowest BCUT2D eigenvalue weighted by Gasteiger charge is -2.10. The molecule has 0 unspecified atom stereocenters. The molecule has 1 aromatic heterocycles. The van der Waals surface area contributed by atoms with Gasteiger partial charge in [0.2, 0.25) is 0 Å². The molecule has 0 atom stereocenters. The van der Waals surface area contributed by atoms with Gasteiger partial charge in [-0.15, -0.1) is 11.3 Å². The number of phenols is 2. The van der Waals surface area contributed by atoms with Crippen LogP contribution in [0.5, 0.6) is 11.5 Å². The molecule has 1 heterocycles. The highest BCUT2D eigenvalue weighted by molar-refractivity contribution is 7.21. The van der Waals surface area contributed by atoms with Crippen LogP contribution in [0.4, 0.5) is 11.4 Å². The van der Waals surface area contributed by atoms with Gasteiger partial charge in [-0.2, -0.15) is 0 Å². The van der Waals surface area contributed by atoms with Crippen molar-refractivity contribution in [3.63, 3.8) is 0 Å². The van der Waals surface area contributed by atoms with Crippen LogP contribution in [0.3, 0.4) is 0 Å². The Labute approximate surface area is 136 Å². The number of hydrogen-bond donors (Lipinski definition) is 3. The summed E-state index contributed by atoms with van der Waals surface area (Å²) in [6, 6.07) is 11.8. The van der Waals surface area contributed by atoms with Gasteiger partial charge in [0.25, 0.3) is 0 Å². The van der Waals surface area contributed by atoms with E-state index < -0.39 is 5.97 Å². The number of fused-ring (bicyclic) bond motifs is 1. The molecule has 0 radical (unpaired) electrons. The number of phenolic OH excluding ortho intramolecular Hbond substituents is 2. The normalized spacial score (nSPS) is 10.7. The zero-order valence-corrected chi connectivity index (χ0v) is 13.2. The lowest BCUT2D eigenvalue weighted by Crippen LogP contribution is -2.05. The second-order valence-electron chi connectivity index (χ2n) is 4.85. The fraction of sp³-hybridized carbons (Fsp3) is 0.118. The van der Waals surface area contributed by atoms with Gasteiger partial charge in [0, 0.05) is 16.2 Å². The van der Waals surface area contributed by atoms with Crippen molar-refractivity contribution < 1.29 is 19.7 Å². The highest BCUT2D eigenvalue weighted by Gasteiger charge is 2.20. The highest BCUT2D eigenvalue weighted by Crippen LogP contribution is 2.40. The van der Waals surface area contributed by atoms with E-state index >= 15 is 0 Å². The van der Waals surface area contributed by atoms with Crippen molar-refractivity contribution >= 4 is 38.8 Å². The first-order valence-corrected chi connectivity index (χ1v) is 7.89. The topological polar surface area (TPSA) is 78.8 Å². The highest BCUT2D eigenvalue weighted by atomic mass is 32.1. The third-order valence-electron chi connectivity index (χ3n) is 3.30. The van der Waals surface area contributed by atoms with Gasteiger partial charge < -0.3 is 20.3 Å².